The summed E-state index contributed by atoms with van der Waals surface area (Å²) in [6.45, 7) is 6.72. The minimum absolute atomic E-state index is 0.0485. The number of benzene rings is 1. The predicted octanol–water partition coefficient (Wildman–Crippen LogP) is 2.29. The molecule has 90 valence electrons. The highest BCUT2D eigenvalue weighted by Gasteiger charge is 2.23. The molecule has 1 aromatic rings. The second-order valence-corrected chi connectivity index (χ2v) is 4.00. The first kappa shape index (κ1) is 11.6. The fraction of sp³-hybridized carbons (Fsp3) is 0.333. The third kappa shape index (κ3) is 3.04. The largest absolute Gasteiger partial charge is 0.491 e. The van der Waals surface area contributed by atoms with E-state index in [1.54, 1.807) is 6.92 Å². The molecule has 1 saturated heterocycles. The van der Waals surface area contributed by atoms with Crippen molar-refractivity contribution in [2.75, 3.05) is 13.2 Å². The number of non-ortho nitro benzene ring substituents is 1. The van der Waals surface area contributed by atoms with Gasteiger partial charge < -0.3 is 9.47 Å². The molecule has 5 heteroatoms. The normalized spacial score (nSPS) is 17.6. The summed E-state index contributed by atoms with van der Waals surface area (Å²) >= 11 is 0. The second-order valence-electron chi connectivity index (χ2n) is 4.00. The predicted molar refractivity (Wildman–Crippen MR) is 62.6 cm³/mol. The zero-order valence-corrected chi connectivity index (χ0v) is 9.51. The molecule has 1 fully saturated rings. The second kappa shape index (κ2) is 4.55. The van der Waals surface area contributed by atoms with Crippen molar-refractivity contribution in [3.63, 3.8) is 0 Å². The van der Waals surface area contributed by atoms with Crippen LogP contribution in [-0.4, -0.2) is 24.2 Å². The van der Waals surface area contributed by atoms with Gasteiger partial charge in [0.2, 0.25) is 0 Å². The van der Waals surface area contributed by atoms with E-state index in [2.05, 4.69) is 6.58 Å². The molecule has 0 unspecified atom stereocenters. The van der Waals surface area contributed by atoms with Crippen LogP contribution in [0.3, 0.4) is 0 Å². The van der Waals surface area contributed by atoms with Crippen LogP contribution in [0.2, 0.25) is 0 Å². The topological polar surface area (TPSA) is 64.9 Å². The van der Waals surface area contributed by atoms with Gasteiger partial charge in [-0.3, -0.25) is 10.1 Å². The zero-order chi connectivity index (χ0) is 12.4. The molecule has 1 aromatic carbocycles. The van der Waals surface area contributed by atoms with Crippen molar-refractivity contribution in [2.45, 2.75) is 13.0 Å². The summed E-state index contributed by atoms with van der Waals surface area (Å²) in [5.41, 5.74) is 1.49. The first-order valence-electron chi connectivity index (χ1n) is 5.26. The number of nitrogens with zero attached hydrogens (tertiary/aromatic N) is 1. The third-order valence-electron chi connectivity index (χ3n) is 2.44. The summed E-state index contributed by atoms with van der Waals surface area (Å²) in [6, 6.07) is 4.78. The number of ether oxygens (including phenoxy) is 2. The highest BCUT2D eigenvalue weighted by molar-refractivity contribution is 5.61. The lowest BCUT2D eigenvalue weighted by atomic mass is 10.1. The first-order chi connectivity index (χ1) is 8.06. The van der Waals surface area contributed by atoms with Crippen LogP contribution in [-0.2, 0) is 9.47 Å². The number of hydrogen-bond donors (Lipinski definition) is 0. The van der Waals surface area contributed by atoms with E-state index >= 15 is 0 Å². The Labute approximate surface area is 98.8 Å². The van der Waals surface area contributed by atoms with Crippen LogP contribution >= 0.6 is 0 Å². The van der Waals surface area contributed by atoms with Crippen LogP contribution in [0.4, 0.5) is 5.69 Å². The number of nitro groups is 1. The number of rotatable bonds is 5. The molecule has 0 saturated carbocycles. The molecule has 0 radical (unpaired) electrons. The van der Waals surface area contributed by atoms with Crippen molar-refractivity contribution in [1.29, 1.82) is 0 Å². The fourth-order valence-electron chi connectivity index (χ4n) is 1.47. The highest BCUT2D eigenvalue weighted by Crippen LogP contribution is 2.23. The maximum atomic E-state index is 10.7. The number of nitro benzene ring substituents is 1. The van der Waals surface area contributed by atoms with Crippen molar-refractivity contribution in [3.8, 4) is 0 Å². The van der Waals surface area contributed by atoms with Gasteiger partial charge in [-0.05, 0) is 18.6 Å². The molecule has 1 aliphatic heterocycles. The van der Waals surface area contributed by atoms with Gasteiger partial charge in [-0.1, -0.05) is 6.58 Å². The van der Waals surface area contributed by atoms with Gasteiger partial charge >= 0.3 is 0 Å². The summed E-state index contributed by atoms with van der Waals surface area (Å²) in [7, 11) is 0. The van der Waals surface area contributed by atoms with E-state index in [1.807, 2.05) is 6.07 Å². The Morgan fingerprint density at radius 1 is 1.65 bits per heavy atom. The van der Waals surface area contributed by atoms with Gasteiger partial charge in [0, 0.05) is 17.7 Å². The van der Waals surface area contributed by atoms with E-state index in [4.69, 9.17) is 9.47 Å². The molecular weight excluding hydrogens is 222 g/mol. The van der Waals surface area contributed by atoms with E-state index in [0.29, 0.717) is 24.5 Å². The van der Waals surface area contributed by atoms with Crippen molar-refractivity contribution in [2.24, 2.45) is 0 Å². The van der Waals surface area contributed by atoms with Gasteiger partial charge in [-0.15, -0.1) is 0 Å². The number of hydrogen-bond acceptors (Lipinski definition) is 4. The molecule has 0 aromatic heterocycles. The molecule has 0 amide bonds. The fourth-order valence-corrected chi connectivity index (χ4v) is 1.47. The molecule has 0 aliphatic carbocycles. The summed E-state index contributed by atoms with van der Waals surface area (Å²) in [5.74, 6) is 0.437. The van der Waals surface area contributed by atoms with Crippen LogP contribution in [0, 0.1) is 17.0 Å². The molecule has 0 bridgehead atoms. The highest BCUT2D eigenvalue weighted by atomic mass is 16.6. The molecule has 2 rings (SSSR count). The lowest BCUT2D eigenvalue weighted by molar-refractivity contribution is -0.384. The van der Waals surface area contributed by atoms with E-state index in [9.17, 15) is 10.1 Å². The smallest absolute Gasteiger partial charge is 0.270 e. The minimum Gasteiger partial charge on any atom is -0.491 e. The van der Waals surface area contributed by atoms with Gasteiger partial charge in [0.1, 0.15) is 18.5 Å². The molecule has 5 nitrogen and oxygen atoms in total. The average Bonchev–Trinajstić information content (AvgIpc) is 3.08. The van der Waals surface area contributed by atoms with E-state index in [0.717, 1.165) is 5.56 Å². The van der Waals surface area contributed by atoms with E-state index < -0.39 is 4.92 Å². The quantitative estimate of drug-likeness (QED) is 0.340. The van der Waals surface area contributed by atoms with Gasteiger partial charge in [0.25, 0.3) is 5.69 Å². The van der Waals surface area contributed by atoms with Gasteiger partial charge in [0.15, 0.2) is 0 Å². The Kier molecular flexibility index (Phi) is 3.10. The Morgan fingerprint density at radius 2 is 2.35 bits per heavy atom. The first-order valence-corrected chi connectivity index (χ1v) is 5.26. The number of epoxide rings is 1. The Morgan fingerprint density at radius 3 is 2.94 bits per heavy atom. The molecule has 0 N–H and O–H groups in total. The Bertz CT molecular complexity index is 466. The molecular formula is C12H13NO4. The number of aryl methyl sites for hydroxylation is 1. The van der Waals surface area contributed by atoms with Crippen molar-refractivity contribution >= 4 is 11.4 Å². The van der Waals surface area contributed by atoms with E-state index in [1.165, 1.54) is 12.1 Å². The standard InChI is InChI=1S/C12H13NO4/c1-8-3-10(5-11(4-8)13(14)15)9(2)16-6-12-7-17-12/h3-5,12H,2,6-7H2,1H3/t12-/m0/s1. The monoisotopic (exact) mass is 235 g/mol. The van der Waals surface area contributed by atoms with Crippen molar-refractivity contribution in [3.05, 3.63) is 46.0 Å². The van der Waals surface area contributed by atoms with Crippen molar-refractivity contribution < 1.29 is 14.4 Å². The van der Waals surface area contributed by atoms with E-state index in [-0.39, 0.29) is 11.8 Å². The summed E-state index contributed by atoms with van der Waals surface area (Å²) in [6.07, 6.45) is 0.145. The molecule has 1 atom stereocenters. The minimum atomic E-state index is -0.423. The third-order valence-corrected chi connectivity index (χ3v) is 2.44. The molecule has 1 heterocycles. The van der Waals surface area contributed by atoms with Gasteiger partial charge in [-0.2, -0.15) is 0 Å². The van der Waals surface area contributed by atoms with Crippen LogP contribution in [0.15, 0.2) is 24.8 Å². The lowest BCUT2D eigenvalue weighted by Gasteiger charge is -2.08. The molecule has 1 aliphatic rings. The Balaban J connectivity index is 2.12. The summed E-state index contributed by atoms with van der Waals surface area (Å²) in [4.78, 5) is 10.3. The van der Waals surface area contributed by atoms with Gasteiger partial charge in [0.05, 0.1) is 11.5 Å². The van der Waals surface area contributed by atoms with Crippen LogP contribution in [0.1, 0.15) is 11.1 Å². The van der Waals surface area contributed by atoms with Crippen molar-refractivity contribution in [1.82, 2.24) is 0 Å². The average molecular weight is 235 g/mol. The summed E-state index contributed by atoms with van der Waals surface area (Å²) < 4.78 is 10.4. The molecule has 17 heavy (non-hydrogen) atoms. The molecule has 0 spiro atoms. The van der Waals surface area contributed by atoms with Gasteiger partial charge in [-0.25, -0.2) is 0 Å². The maximum absolute atomic E-state index is 10.7. The Hall–Kier alpha value is -1.88. The van der Waals surface area contributed by atoms with Crippen LogP contribution in [0.25, 0.3) is 5.76 Å². The van der Waals surface area contributed by atoms with Crippen LogP contribution < -0.4 is 0 Å². The summed E-state index contributed by atoms with van der Waals surface area (Å²) in [5, 5.41) is 10.7. The SMILES string of the molecule is C=C(OC[C@H]1CO1)c1cc(C)cc([N+](=O)[O-])c1. The lowest BCUT2D eigenvalue weighted by Crippen LogP contribution is -2.01. The van der Waals surface area contributed by atoms with Crippen LogP contribution in [0.5, 0.6) is 0 Å². The maximum Gasteiger partial charge on any atom is 0.270 e. The zero-order valence-electron chi connectivity index (χ0n) is 9.51.